The van der Waals surface area contributed by atoms with Gasteiger partial charge in [-0.15, -0.1) is 0 Å². The molecule has 3 heteroatoms. The van der Waals surface area contributed by atoms with Gasteiger partial charge in [0.05, 0.1) is 5.54 Å². The largest absolute Gasteiger partial charge is 0.347 e. The molecule has 1 atom stereocenters. The van der Waals surface area contributed by atoms with Gasteiger partial charge in [-0.05, 0) is 19.4 Å². The van der Waals surface area contributed by atoms with Gasteiger partial charge >= 0.3 is 0 Å². The molecule has 1 amide bonds. The minimum absolute atomic E-state index is 0.00393. The average Bonchev–Trinajstić information content (AvgIpc) is 2.48. The first-order valence-corrected chi connectivity index (χ1v) is 4.68. The number of carbonyl (C=O) groups is 1. The van der Waals surface area contributed by atoms with Crippen molar-refractivity contribution in [1.29, 1.82) is 0 Å². The Balaban J connectivity index is 2.40. The summed E-state index contributed by atoms with van der Waals surface area (Å²) in [6, 6.07) is 6.58. The molecule has 0 bridgehead atoms. The molecule has 0 spiro atoms. The molecule has 0 aliphatic carbocycles. The van der Waals surface area contributed by atoms with Gasteiger partial charge in [0.15, 0.2) is 0 Å². The van der Waals surface area contributed by atoms with Crippen LogP contribution in [0.3, 0.4) is 0 Å². The first-order valence-electron chi connectivity index (χ1n) is 4.68. The van der Waals surface area contributed by atoms with Gasteiger partial charge in [-0.1, -0.05) is 18.2 Å². The zero-order valence-corrected chi connectivity index (χ0v) is 8.01. The molecular weight excluding hydrogens is 181 g/mol. The second-order valence-electron chi connectivity index (χ2n) is 3.86. The Labute approximate surface area is 82.1 Å². The average molecular weight is 193 g/mol. The van der Waals surface area contributed by atoms with E-state index in [0.29, 0.717) is 18.4 Å². The molecule has 1 fully saturated rings. The summed E-state index contributed by atoms with van der Waals surface area (Å²) in [7, 11) is 0. The van der Waals surface area contributed by atoms with E-state index in [1.165, 1.54) is 6.07 Å². The van der Waals surface area contributed by atoms with Gasteiger partial charge in [0.2, 0.25) is 5.91 Å². The highest BCUT2D eigenvalue weighted by Gasteiger charge is 2.36. The van der Waals surface area contributed by atoms with Crippen LogP contribution in [0.25, 0.3) is 0 Å². The zero-order valence-electron chi connectivity index (χ0n) is 8.01. The second-order valence-corrected chi connectivity index (χ2v) is 3.86. The van der Waals surface area contributed by atoms with Crippen LogP contribution >= 0.6 is 0 Å². The van der Waals surface area contributed by atoms with Crippen molar-refractivity contribution in [3.05, 3.63) is 35.6 Å². The highest BCUT2D eigenvalue weighted by atomic mass is 19.1. The Morgan fingerprint density at radius 2 is 2.14 bits per heavy atom. The van der Waals surface area contributed by atoms with E-state index in [0.717, 1.165) is 0 Å². The van der Waals surface area contributed by atoms with Gasteiger partial charge in [-0.3, -0.25) is 4.79 Å². The molecule has 1 heterocycles. The van der Waals surface area contributed by atoms with Crippen LogP contribution in [0.5, 0.6) is 0 Å². The molecule has 1 aromatic rings. The molecule has 0 saturated carbocycles. The molecule has 1 unspecified atom stereocenters. The van der Waals surface area contributed by atoms with Crippen molar-refractivity contribution >= 4 is 5.91 Å². The Kier molecular flexibility index (Phi) is 2.02. The summed E-state index contributed by atoms with van der Waals surface area (Å²) in [6.07, 6.45) is 1.14. The SMILES string of the molecule is CC1(c2ccccc2F)CCC(=O)N1. The lowest BCUT2D eigenvalue weighted by atomic mass is 9.90. The lowest BCUT2D eigenvalue weighted by Crippen LogP contribution is -2.36. The summed E-state index contributed by atoms with van der Waals surface area (Å²) < 4.78 is 13.5. The third-order valence-electron chi connectivity index (χ3n) is 2.74. The maximum atomic E-state index is 13.5. The summed E-state index contributed by atoms with van der Waals surface area (Å²) in [6.45, 7) is 1.86. The van der Waals surface area contributed by atoms with Gasteiger partial charge in [-0.25, -0.2) is 4.39 Å². The number of amides is 1. The van der Waals surface area contributed by atoms with Crippen LogP contribution in [0.2, 0.25) is 0 Å². The standard InChI is InChI=1S/C11H12FNO/c1-11(7-6-10(14)13-11)8-4-2-3-5-9(8)12/h2-5H,6-7H2,1H3,(H,13,14). The molecular formula is C11H12FNO. The van der Waals surface area contributed by atoms with Gasteiger partial charge in [0, 0.05) is 12.0 Å². The molecule has 0 radical (unpaired) electrons. The zero-order chi connectivity index (χ0) is 10.2. The van der Waals surface area contributed by atoms with Crippen molar-refractivity contribution in [3.63, 3.8) is 0 Å². The van der Waals surface area contributed by atoms with Crippen LogP contribution in [0.15, 0.2) is 24.3 Å². The Bertz CT molecular complexity index is 377. The van der Waals surface area contributed by atoms with Gasteiger partial charge in [0.25, 0.3) is 0 Å². The number of benzene rings is 1. The van der Waals surface area contributed by atoms with Gasteiger partial charge < -0.3 is 5.32 Å². The summed E-state index contributed by atoms with van der Waals surface area (Å²) >= 11 is 0. The Hall–Kier alpha value is -1.38. The van der Waals surface area contributed by atoms with Gasteiger partial charge in [-0.2, -0.15) is 0 Å². The van der Waals surface area contributed by atoms with Crippen molar-refractivity contribution in [1.82, 2.24) is 5.32 Å². The van der Waals surface area contributed by atoms with Crippen LogP contribution < -0.4 is 5.32 Å². The normalized spacial score (nSPS) is 26.3. The maximum Gasteiger partial charge on any atom is 0.220 e. The van der Waals surface area contributed by atoms with Crippen LogP contribution in [-0.2, 0) is 10.3 Å². The second kappa shape index (κ2) is 3.08. The first-order chi connectivity index (χ1) is 6.62. The van der Waals surface area contributed by atoms with Crippen LogP contribution in [0.1, 0.15) is 25.3 Å². The fourth-order valence-corrected chi connectivity index (χ4v) is 1.91. The van der Waals surface area contributed by atoms with E-state index in [9.17, 15) is 9.18 Å². The molecule has 1 aromatic carbocycles. The van der Waals surface area contributed by atoms with Crippen LogP contribution in [0.4, 0.5) is 4.39 Å². The highest BCUT2D eigenvalue weighted by Crippen LogP contribution is 2.32. The number of hydrogen-bond donors (Lipinski definition) is 1. The third-order valence-corrected chi connectivity index (χ3v) is 2.74. The Morgan fingerprint density at radius 1 is 1.43 bits per heavy atom. The summed E-state index contributed by atoms with van der Waals surface area (Å²) in [5.74, 6) is -0.257. The van der Waals surface area contributed by atoms with Crippen LogP contribution in [0, 0.1) is 5.82 Å². The smallest absolute Gasteiger partial charge is 0.220 e. The minimum atomic E-state index is -0.525. The fourth-order valence-electron chi connectivity index (χ4n) is 1.91. The molecule has 1 N–H and O–H groups in total. The van der Waals surface area contributed by atoms with Crippen molar-refractivity contribution < 1.29 is 9.18 Å². The number of halogens is 1. The maximum absolute atomic E-state index is 13.5. The summed E-state index contributed by atoms with van der Waals surface area (Å²) in [5.41, 5.74) is 0.0495. The highest BCUT2D eigenvalue weighted by molar-refractivity contribution is 5.79. The lowest BCUT2D eigenvalue weighted by Gasteiger charge is -2.24. The number of carbonyl (C=O) groups excluding carboxylic acids is 1. The molecule has 1 saturated heterocycles. The number of rotatable bonds is 1. The molecule has 14 heavy (non-hydrogen) atoms. The number of hydrogen-bond acceptors (Lipinski definition) is 1. The molecule has 74 valence electrons. The lowest BCUT2D eigenvalue weighted by molar-refractivity contribution is -0.119. The number of nitrogens with one attached hydrogen (secondary N) is 1. The molecule has 1 aliphatic rings. The summed E-state index contributed by atoms with van der Waals surface area (Å²) in [5, 5.41) is 2.81. The monoisotopic (exact) mass is 193 g/mol. The van der Waals surface area contributed by atoms with E-state index in [1.807, 2.05) is 6.92 Å². The van der Waals surface area contributed by atoms with Crippen molar-refractivity contribution in [2.24, 2.45) is 0 Å². The topological polar surface area (TPSA) is 29.1 Å². The Morgan fingerprint density at radius 3 is 2.71 bits per heavy atom. The van der Waals surface area contributed by atoms with E-state index in [-0.39, 0.29) is 11.7 Å². The predicted octanol–water partition coefficient (Wildman–Crippen LogP) is 1.95. The minimum Gasteiger partial charge on any atom is -0.347 e. The van der Waals surface area contributed by atoms with E-state index in [2.05, 4.69) is 5.32 Å². The molecule has 2 rings (SSSR count). The predicted molar refractivity (Wildman–Crippen MR) is 51.1 cm³/mol. The summed E-state index contributed by atoms with van der Waals surface area (Å²) in [4.78, 5) is 11.1. The van der Waals surface area contributed by atoms with Crippen molar-refractivity contribution in [2.75, 3.05) is 0 Å². The van der Waals surface area contributed by atoms with Crippen LogP contribution in [-0.4, -0.2) is 5.91 Å². The first kappa shape index (κ1) is 9.19. The third kappa shape index (κ3) is 1.39. The van der Waals surface area contributed by atoms with E-state index in [1.54, 1.807) is 18.2 Å². The quantitative estimate of drug-likeness (QED) is 0.725. The van der Waals surface area contributed by atoms with E-state index in [4.69, 9.17) is 0 Å². The van der Waals surface area contributed by atoms with Crippen molar-refractivity contribution in [2.45, 2.75) is 25.3 Å². The van der Waals surface area contributed by atoms with Gasteiger partial charge in [0.1, 0.15) is 5.82 Å². The molecule has 1 aliphatic heterocycles. The van der Waals surface area contributed by atoms with Crippen molar-refractivity contribution in [3.8, 4) is 0 Å². The molecule has 2 nitrogen and oxygen atoms in total. The van der Waals surface area contributed by atoms with E-state index >= 15 is 0 Å². The fraction of sp³-hybridized carbons (Fsp3) is 0.364. The molecule has 0 aromatic heterocycles. The van der Waals surface area contributed by atoms with E-state index < -0.39 is 5.54 Å².